The third-order valence-electron chi connectivity index (χ3n) is 2.03. The quantitative estimate of drug-likeness (QED) is 0.702. The fourth-order valence-corrected chi connectivity index (χ4v) is 1.12. The number of nitrogens with one attached hydrogen (secondary N) is 1. The van der Waals surface area contributed by atoms with Crippen LogP contribution in [0.3, 0.4) is 0 Å². The standard InChI is InChI=1S/C9H16N4O2/c1-2-3-4-7(10)9(14)11-5-8-12-6-15-13-8/h6-7H,2-5,10H2,1H3,(H,11,14). The molecular weight excluding hydrogens is 196 g/mol. The number of unbranched alkanes of at least 4 members (excludes halogenated alkanes) is 1. The van der Waals surface area contributed by atoms with Gasteiger partial charge < -0.3 is 15.6 Å². The molecule has 1 unspecified atom stereocenters. The Kier molecular flexibility index (Phi) is 4.76. The highest BCUT2D eigenvalue weighted by Gasteiger charge is 2.12. The van der Waals surface area contributed by atoms with Crippen LogP contribution >= 0.6 is 0 Å². The number of aromatic nitrogens is 2. The third kappa shape index (κ3) is 4.07. The molecule has 0 fully saturated rings. The first-order valence-electron chi connectivity index (χ1n) is 5.02. The number of rotatable bonds is 6. The van der Waals surface area contributed by atoms with Gasteiger partial charge in [-0.25, -0.2) is 0 Å². The van der Waals surface area contributed by atoms with Crippen molar-refractivity contribution < 1.29 is 9.32 Å². The van der Waals surface area contributed by atoms with Crippen molar-refractivity contribution in [3.8, 4) is 0 Å². The van der Waals surface area contributed by atoms with Crippen LogP contribution in [0.4, 0.5) is 0 Å². The predicted molar refractivity (Wildman–Crippen MR) is 53.6 cm³/mol. The van der Waals surface area contributed by atoms with Gasteiger partial charge in [0.05, 0.1) is 12.6 Å². The van der Waals surface area contributed by atoms with Gasteiger partial charge in [0.25, 0.3) is 0 Å². The number of nitrogens with zero attached hydrogens (tertiary/aromatic N) is 2. The van der Waals surface area contributed by atoms with Gasteiger partial charge in [-0.15, -0.1) is 0 Å². The van der Waals surface area contributed by atoms with E-state index >= 15 is 0 Å². The van der Waals surface area contributed by atoms with E-state index in [0.29, 0.717) is 12.2 Å². The summed E-state index contributed by atoms with van der Waals surface area (Å²) in [6.45, 7) is 2.32. The lowest BCUT2D eigenvalue weighted by Gasteiger charge is -2.09. The first kappa shape index (κ1) is 11.6. The van der Waals surface area contributed by atoms with E-state index in [2.05, 4.69) is 26.9 Å². The first-order chi connectivity index (χ1) is 7.24. The summed E-state index contributed by atoms with van der Waals surface area (Å²) >= 11 is 0. The number of amides is 1. The summed E-state index contributed by atoms with van der Waals surface area (Å²) < 4.78 is 4.53. The molecule has 0 spiro atoms. The minimum absolute atomic E-state index is 0.173. The van der Waals surface area contributed by atoms with Crippen LogP contribution in [0.1, 0.15) is 32.0 Å². The summed E-state index contributed by atoms with van der Waals surface area (Å²) in [6, 6.07) is -0.447. The van der Waals surface area contributed by atoms with Gasteiger partial charge in [0, 0.05) is 0 Å². The summed E-state index contributed by atoms with van der Waals surface area (Å²) in [4.78, 5) is 15.2. The van der Waals surface area contributed by atoms with Crippen LogP contribution in [-0.2, 0) is 11.3 Å². The molecule has 6 nitrogen and oxygen atoms in total. The molecule has 1 aromatic heterocycles. The van der Waals surface area contributed by atoms with Crippen molar-refractivity contribution in [2.75, 3.05) is 0 Å². The lowest BCUT2D eigenvalue weighted by atomic mass is 10.1. The number of hydrogen-bond acceptors (Lipinski definition) is 5. The lowest BCUT2D eigenvalue weighted by Crippen LogP contribution is -2.40. The van der Waals surface area contributed by atoms with E-state index in [1.807, 2.05) is 0 Å². The van der Waals surface area contributed by atoms with E-state index in [1.165, 1.54) is 6.39 Å². The van der Waals surface area contributed by atoms with Crippen molar-refractivity contribution >= 4 is 5.91 Å². The van der Waals surface area contributed by atoms with E-state index in [1.54, 1.807) is 0 Å². The zero-order valence-electron chi connectivity index (χ0n) is 8.77. The smallest absolute Gasteiger partial charge is 0.237 e. The minimum Gasteiger partial charge on any atom is -0.347 e. The second-order valence-electron chi connectivity index (χ2n) is 3.31. The van der Waals surface area contributed by atoms with Crippen molar-refractivity contribution in [2.24, 2.45) is 5.73 Å². The highest BCUT2D eigenvalue weighted by Crippen LogP contribution is 1.98. The Bertz CT molecular complexity index is 286. The molecule has 0 aliphatic heterocycles. The van der Waals surface area contributed by atoms with Gasteiger partial charge in [-0.05, 0) is 6.42 Å². The fraction of sp³-hybridized carbons (Fsp3) is 0.667. The second kappa shape index (κ2) is 6.13. The summed E-state index contributed by atoms with van der Waals surface area (Å²) in [6.07, 6.45) is 3.91. The highest BCUT2D eigenvalue weighted by molar-refractivity contribution is 5.81. The van der Waals surface area contributed by atoms with E-state index in [4.69, 9.17) is 5.73 Å². The molecule has 0 saturated carbocycles. The maximum atomic E-state index is 11.4. The van der Waals surface area contributed by atoms with Crippen LogP contribution in [0.2, 0.25) is 0 Å². The Labute approximate surface area is 88.2 Å². The molecule has 1 atom stereocenters. The zero-order valence-corrected chi connectivity index (χ0v) is 8.77. The molecule has 1 aromatic rings. The molecule has 0 radical (unpaired) electrons. The van der Waals surface area contributed by atoms with Crippen molar-refractivity contribution in [1.82, 2.24) is 15.5 Å². The van der Waals surface area contributed by atoms with Crippen LogP contribution in [0, 0.1) is 0 Å². The van der Waals surface area contributed by atoms with Crippen molar-refractivity contribution in [3.63, 3.8) is 0 Å². The molecule has 0 aromatic carbocycles. The van der Waals surface area contributed by atoms with E-state index < -0.39 is 6.04 Å². The Morgan fingerprint density at radius 2 is 2.53 bits per heavy atom. The van der Waals surface area contributed by atoms with Crippen LogP contribution in [-0.4, -0.2) is 22.1 Å². The monoisotopic (exact) mass is 212 g/mol. The van der Waals surface area contributed by atoms with Gasteiger partial charge >= 0.3 is 0 Å². The molecule has 1 amide bonds. The van der Waals surface area contributed by atoms with Crippen LogP contribution in [0.25, 0.3) is 0 Å². The molecule has 0 aliphatic carbocycles. The van der Waals surface area contributed by atoms with E-state index in [9.17, 15) is 4.79 Å². The average molecular weight is 212 g/mol. The van der Waals surface area contributed by atoms with Gasteiger partial charge in [0.15, 0.2) is 5.82 Å². The Balaban J connectivity index is 2.23. The Morgan fingerprint density at radius 3 is 3.13 bits per heavy atom. The lowest BCUT2D eigenvalue weighted by molar-refractivity contribution is -0.122. The topological polar surface area (TPSA) is 94.0 Å². The molecular formula is C9H16N4O2. The van der Waals surface area contributed by atoms with E-state index in [-0.39, 0.29) is 12.5 Å². The number of carbonyl (C=O) groups excluding carboxylic acids is 1. The SMILES string of the molecule is CCCCC(N)C(=O)NCc1ncon1. The summed E-state index contributed by atoms with van der Waals surface area (Å²) in [5.74, 6) is 0.277. The molecule has 0 saturated heterocycles. The Hall–Kier alpha value is -1.43. The molecule has 1 heterocycles. The van der Waals surface area contributed by atoms with Crippen LogP contribution in [0.5, 0.6) is 0 Å². The maximum absolute atomic E-state index is 11.4. The first-order valence-corrected chi connectivity index (χ1v) is 5.02. The largest absolute Gasteiger partial charge is 0.347 e. The van der Waals surface area contributed by atoms with Crippen LogP contribution in [0.15, 0.2) is 10.9 Å². The number of nitrogens with two attached hydrogens (primary N) is 1. The number of carbonyl (C=O) groups is 1. The molecule has 84 valence electrons. The van der Waals surface area contributed by atoms with Crippen LogP contribution < -0.4 is 11.1 Å². The fourth-order valence-electron chi connectivity index (χ4n) is 1.12. The van der Waals surface area contributed by atoms with Gasteiger partial charge in [0.1, 0.15) is 0 Å². The number of hydrogen-bond donors (Lipinski definition) is 2. The molecule has 1 rings (SSSR count). The predicted octanol–water partition coefficient (Wildman–Crippen LogP) is 0.203. The van der Waals surface area contributed by atoms with Gasteiger partial charge in [0.2, 0.25) is 12.3 Å². The molecule has 6 heteroatoms. The van der Waals surface area contributed by atoms with Crippen molar-refractivity contribution in [2.45, 2.75) is 38.8 Å². The van der Waals surface area contributed by atoms with Gasteiger partial charge in [-0.1, -0.05) is 24.9 Å². The average Bonchev–Trinajstić information content (AvgIpc) is 2.75. The molecule has 3 N–H and O–H groups in total. The van der Waals surface area contributed by atoms with Crippen molar-refractivity contribution in [3.05, 3.63) is 12.2 Å². The van der Waals surface area contributed by atoms with E-state index in [0.717, 1.165) is 12.8 Å². The molecule has 0 bridgehead atoms. The normalized spacial score (nSPS) is 12.4. The summed E-state index contributed by atoms with van der Waals surface area (Å²) in [5, 5.41) is 6.21. The second-order valence-corrected chi connectivity index (χ2v) is 3.31. The van der Waals surface area contributed by atoms with Crippen molar-refractivity contribution in [1.29, 1.82) is 0 Å². The Morgan fingerprint density at radius 1 is 1.73 bits per heavy atom. The molecule has 15 heavy (non-hydrogen) atoms. The zero-order chi connectivity index (χ0) is 11.1. The maximum Gasteiger partial charge on any atom is 0.237 e. The summed E-state index contributed by atoms with van der Waals surface area (Å²) in [5.41, 5.74) is 5.67. The third-order valence-corrected chi connectivity index (χ3v) is 2.03. The summed E-state index contributed by atoms with van der Waals surface area (Å²) in [7, 11) is 0. The van der Waals surface area contributed by atoms with Gasteiger partial charge in [-0.2, -0.15) is 4.98 Å². The molecule has 0 aliphatic rings. The van der Waals surface area contributed by atoms with Gasteiger partial charge in [-0.3, -0.25) is 4.79 Å². The highest BCUT2D eigenvalue weighted by atomic mass is 16.5. The minimum atomic E-state index is -0.447.